The van der Waals surface area contributed by atoms with Crippen molar-refractivity contribution < 1.29 is 13.5 Å². The molecule has 2 aromatic carbocycles. The number of para-hydroxylation sites is 1. The monoisotopic (exact) mass is 340 g/mol. The van der Waals surface area contributed by atoms with E-state index in [-0.39, 0.29) is 11.3 Å². The number of benzene rings is 2. The Balaban J connectivity index is 1.68. The van der Waals surface area contributed by atoms with Crippen LogP contribution in [0.2, 0.25) is 0 Å². The standard InChI is InChI=1S/C17H10F2N4O2/c18-13-2-1-3-14(19)16(13)25-11-6-4-10(5-7-11)23-15-9-20-22-17(24)12(15)8-21-23/h1-9H,(H,22,24). The Labute approximate surface area is 139 Å². The summed E-state index contributed by atoms with van der Waals surface area (Å²) in [7, 11) is 0. The van der Waals surface area contributed by atoms with Gasteiger partial charge in [-0.25, -0.2) is 18.6 Å². The Morgan fingerprint density at radius 2 is 1.72 bits per heavy atom. The molecule has 0 unspecified atom stereocenters. The third-order valence-electron chi connectivity index (χ3n) is 3.62. The highest BCUT2D eigenvalue weighted by atomic mass is 19.1. The lowest BCUT2D eigenvalue weighted by Gasteiger charge is -2.09. The molecular weight excluding hydrogens is 330 g/mol. The van der Waals surface area contributed by atoms with Crippen molar-refractivity contribution in [3.8, 4) is 17.2 Å². The van der Waals surface area contributed by atoms with Crippen LogP contribution in [-0.4, -0.2) is 20.0 Å². The molecular formula is C17H10F2N4O2. The second kappa shape index (κ2) is 5.82. The highest BCUT2D eigenvalue weighted by Gasteiger charge is 2.12. The number of aromatic amines is 1. The summed E-state index contributed by atoms with van der Waals surface area (Å²) in [5.41, 5.74) is 0.847. The third kappa shape index (κ3) is 2.63. The fourth-order valence-electron chi connectivity index (χ4n) is 2.43. The molecule has 2 heterocycles. The van der Waals surface area contributed by atoms with E-state index >= 15 is 0 Å². The van der Waals surface area contributed by atoms with E-state index in [0.717, 1.165) is 12.1 Å². The molecule has 25 heavy (non-hydrogen) atoms. The molecule has 4 rings (SSSR count). The normalized spacial score (nSPS) is 11.0. The molecule has 0 aliphatic rings. The lowest BCUT2D eigenvalue weighted by atomic mass is 10.3. The maximum atomic E-state index is 13.6. The van der Waals surface area contributed by atoms with Gasteiger partial charge < -0.3 is 4.74 Å². The molecule has 4 aromatic rings. The summed E-state index contributed by atoms with van der Waals surface area (Å²) in [5, 5.41) is 10.7. The number of rotatable bonds is 3. The summed E-state index contributed by atoms with van der Waals surface area (Å²) >= 11 is 0. The van der Waals surface area contributed by atoms with Gasteiger partial charge in [0, 0.05) is 0 Å². The number of hydrogen-bond donors (Lipinski definition) is 1. The lowest BCUT2D eigenvalue weighted by Crippen LogP contribution is -2.07. The highest BCUT2D eigenvalue weighted by Crippen LogP contribution is 2.28. The van der Waals surface area contributed by atoms with Gasteiger partial charge in [0.2, 0.25) is 0 Å². The van der Waals surface area contributed by atoms with Gasteiger partial charge in [-0.15, -0.1) is 0 Å². The third-order valence-corrected chi connectivity index (χ3v) is 3.62. The predicted octanol–water partition coefficient (Wildman–Crippen LogP) is 3.18. The van der Waals surface area contributed by atoms with Crippen LogP contribution in [0.15, 0.2) is 59.7 Å². The minimum atomic E-state index is -0.785. The van der Waals surface area contributed by atoms with Crippen molar-refractivity contribution in [2.24, 2.45) is 0 Å². The Hall–Kier alpha value is -3.55. The van der Waals surface area contributed by atoms with Crippen molar-refractivity contribution in [2.75, 3.05) is 0 Å². The van der Waals surface area contributed by atoms with Gasteiger partial charge in [0.15, 0.2) is 17.4 Å². The first-order valence-corrected chi connectivity index (χ1v) is 7.27. The number of hydrogen-bond acceptors (Lipinski definition) is 4. The van der Waals surface area contributed by atoms with Crippen molar-refractivity contribution in [1.29, 1.82) is 0 Å². The molecule has 1 N–H and O–H groups in total. The van der Waals surface area contributed by atoms with Crippen LogP contribution in [-0.2, 0) is 0 Å². The Bertz CT molecular complexity index is 1100. The summed E-state index contributed by atoms with van der Waals surface area (Å²) in [6, 6.07) is 9.91. The van der Waals surface area contributed by atoms with Crippen molar-refractivity contribution in [3.05, 3.63) is 76.8 Å². The number of ether oxygens (including phenoxy) is 1. The molecule has 2 aromatic heterocycles. The van der Waals surface area contributed by atoms with Crippen LogP contribution in [0.25, 0.3) is 16.6 Å². The first-order chi connectivity index (χ1) is 12.1. The second-order valence-electron chi connectivity index (χ2n) is 5.20. The fraction of sp³-hybridized carbons (Fsp3) is 0. The number of H-pyrrole nitrogens is 1. The van der Waals surface area contributed by atoms with Crippen LogP contribution in [0.1, 0.15) is 0 Å². The summed E-state index contributed by atoms with van der Waals surface area (Å²) < 4.78 is 34.1. The van der Waals surface area contributed by atoms with Crippen LogP contribution < -0.4 is 10.3 Å². The molecule has 124 valence electrons. The van der Waals surface area contributed by atoms with Gasteiger partial charge in [0.05, 0.1) is 29.0 Å². The average Bonchev–Trinajstić information content (AvgIpc) is 3.04. The van der Waals surface area contributed by atoms with E-state index < -0.39 is 17.4 Å². The summed E-state index contributed by atoms with van der Waals surface area (Å²) in [6.07, 6.45) is 2.93. The number of nitrogens with one attached hydrogen (secondary N) is 1. The Morgan fingerprint density at radius 3 is 2.44 bits per heavy atom. The number of nitrogens with zero attached hydrogens (tertiary/aromatic N) is 3. The molecule has 0 atom stereocenters. The molecule has 6 nitrogen and oxygen atoms in total. The van der Waals surface area contributed by atoms with E-state index in [1.54, 1.807) is 24.3 Å². The van der Waals surface area contributed by atoms with Crippen LogP contribution >= 0.6 is 0 Å². The molecule has 8 heteroatoms. The van der Waals surface area contributed by atoms with Crippen molar-refractivity contribution in [2.45, 2.75) is 0 Å². The van der Waals surface area contributed by atoms with Gasteiger partial charge in [0.1, 0.15) is 5.75 Å². The second-order valence-corrected chi connectivity index (χ2v) is 5.20. The van der Waals surface area contributed by atoms with Gasteiger partial charge >= 0.3 is 0 Å². The minimum absolute atomic E-state index is 0.264. The number of aromatic nitrogens is 4. The molecule has 0 aliphatic carbocycles. The molecule has 0 saturated carbocycles. The summed E-state index contributed by atoms with van der Waals surface area (Å²) in [5.74, 6) is -1.77. The largest absolute Gasteiger partial charge is 0.451 e. The summed E-state index contributed by atoms with van der Waals surface area (Å²) in [4.78, 5) is 11.7. The van der Waals surface area contributed by atoms with Gasteiger partial charge in [-0.2, -0.15) is 10.2 Å². The first-order valence-electron chi connectivity index (χ1n) is 7.27. The maximum absolute atomic E-state index is 13.6. The SMILES string of the molecule is O=c1[nH]ncc2c1cnn2-c1ccc(Oc2c(F)cccc2F)cc1. The zero-order valence-corrected chi connectivity index (χ0v) is 12.6. The van der Waals surface area contributed by atoms with Crippen molar-refractivity contribution in [1.82, 2.24) is 20.0 Å². The van der Waals surface area contributed by atoms with Gasteiger partial charge in [0.25, 0.3) is 5.56 Å². The zero-order chi connectivity index (χ0) is 17.4. The van der Waals surface area contributed by atoms with Crippen LogP contribution in [0, 0.1) is 11.6 Å². The highest BCUT2D eigenvalue weighted by molar-refractivity contribution is 5.78. The maximum Gasteiger partial charge on any atom is 0.275 e. The molecule has 0 fully saturated rings. The minimum Gasteiger partial charge on any atom is -0.451 e. The zero-order valence-electron chi connectivity index (χ0n) is 12.6. The smallest absolute Gasteiger partial charge is 0.275 e. The molecule has 0 saturated heterocycles. The van der Waals surface area contributed by atoms with E-state index in [2.05, 4.69) is 15.3 Å². The van der Waals surface area contributed by atoms with Crippen LogP contribution in [0.4, 0.5) is 8.78 Å². The Kier molecular flexibility index (Phi) is 3.50. The number of halogens is 2. The van der Waals surface area contributed by atoms with E-state index in [9.17, 15) is 13.6 Å². The fourth-order valence-corrected chi connectivity index (χ4v) is 2.43. The van der Waals surface area contributed by atoms with Gasteiger partial charge in [-0.05, 0) is 36.4 Å². The number of fused-ring (bicyclic) bond motifs is 1. The lowest BCUT2D eigenvalue weighted by molar-refractivity contribution is 0.407. The molecule has 0 amide bonds. The average molecular weight is 340 g/mol. The summed E-state index contributed by atoms with van der Waals surface area (Å²) in [6.45, 7) is 0. The van der Waals surface area contributed by atoms with E-state index in [1.165, 1.54) is 23.1 Å². The topological polar surface area (TPSA) is 72.8 Å². The molecule has 0 aliphatic heterocycles. The molecule has 0 bridgehead atoms. The van der Waals surface area contributed by atoms with Gasteiger partial charge in [-0.1, -0.05) is 6.07 Å². The van der Waals surface area contributed by atoms with Crippen molar-refractivity contribution >= 4 is 10.9 Å². The molecule has 0 spiro atoms. The van der Waals surface area contributed by atoms with E-state index in [1.807, 2.05) is 0 Å². The quantitative estimate of drug-likeness (QED) is 0.622. The Morgan fingerprint density at radius 1 is 1.00 bits per heavy atom. The van der Waals surface area contributed by atoms with Crippen LogP contribution in [0.3, 0.4) is 0 Å². The predicted molar refractivity (Wildman–Crippen MR) is 85.9 cm³/mol. The van der Waals surface area contributed by atoms with Crippen molar-refractivity contribution in [3.63, 3.8) is 0 Å². The molecule has 0 radical (unpaired) electrons. The van der Waals surface area contributed by atoms with E-state index in [0.29, 0.717) is 16.6 Å². The van der Waals surface area contributed by atoms with Crippen LogP contribution in [0.5, 0.6) is 11.5 Å². The van der Waals surface area contributed by atoms with Gasteiger partial charge in [-0.3, -0.25) is 4.79 Å². The van der Waals surface area contributed by atoms with E-state index in [4.69, 9.17) is 4.74 Å². The first kappa shape index (κ1) is 15.0.